The Morgan fingerprint density at radius 3 is 0.767 bits per heavy atom. The Kier molecular flexibility index (Phi) is 10.7. The second-order valence-electron chi connectivity index (χ2n) is 8.00. The lowest BCUT2D eigenvalue weighted by Gasteiger charge is -2.48. The summed E-state index contributed by atoms with van der Waals surface area (Å²) in [6.45, 7) is 0. The Hall–Kier alpha value is 0.210. The Bertz CT molecular complexity index is 601. The number of hydrogen-bond acceptors (Lipinski definition) is 6. The van der Waals surface area contributed by atoms with E-state index in [0.717, 1.165) is 0 Å². The number of nitrogens with one attached hydrogen (secondary N) is 6. The van der Waals surface area contributed by atoms with E-state index >= 15 is 0 Å². The van der Waals surface area contributed by atoms with Crippen LogP contribution in [0, 0.1) is 0 Å². The molecule has 0 aromatic rings. The van der Waals surface area contributed by atoms with Gasteiger partial charge in [0.05, 0.1) is 0 Å². The highest BCUT2D eigenvalue weighted by Gasteiger charge is 2.45. The summed E-state index contributed by atoms with van der Waals surface area (Å²) >= 11 is 0. The zero-order valence-electron chi connectivity index (χ0n) is 20.4. The second-order valence-corrected chi connectivity index (χ2v) is 15.3. The van der Waals surface area contributed by atoms with Crippen molar-refractivity contribution < 1.29 is 0 Å². The molecule has 0 spiro atoms. The lowest BCUT2D eigenvalue weighted by atomic mass is 11.2. The van der Waals surface area contributed by atoms with Crippen LogP contribution in [0.15, 0.2) is 14.6 Å². The maximum Gasteiger partial charge on any atom is 0.204 e. The third-order valence-corrected chi connectivity index (χ3v) is 13.7. The lowest BCUT2D eigenvalue weighted by Crippen LogP contribution is -2.52. The summed E-state index contributed by atoms with van der Waals surface area (Å²) in [6, 6.07) is 0. The molecule has 1 aliphatic rings. The molecule has 1 fully saturated rings. The minimum Gasteiger partial charge on any atom is -0.244 e. The third kappa shape index (κ3) is 8.99. The van der Waals surface area contributed by atoms with Gasteiger partial charge in [-0.15, -0.1) is 0 Å². The normalized spacial score (nSPS) is 30.2. The van der Waals surface area contributed by atoms with Crippen molar-refractivity contribution in [2.24, 2.45) is 14.6 Å². The number of hydrazine groups is 3. The molecule has 180 valence electrons. The molecule has 0 aromatic heterocycles. The molecule has 0 aromatic carbocycles. The second kappa shape index (κ2) is 11.4. The smallest absolute Gasteiger partial charge is 0.204 e. The van der Waals surface area contributed by atoms with Crippen LogP contribution < -0.4 is 30.2 Å². The topological polar surface area (TPSA) is 129 Å². The van der Waals surface area contributed by atoms with E-state index in [9.17, 15) is 0 Å². The van der Waals surface area contributed by atoms with Crippen molar-refractivity contribution in [2.75, 3.05) is 84.6 Å². The van der Waals surface area contributed by atoms with Crippen LogP contribution in [0.2, 0.25) is 0 Å². The van der Waals surface area contributed by atoms with Crippen LogP contribution >= 0.6 is 22.5 Å². The predicted octanol–water partition coefficient (Wildman–Crippen LogP) is 0.236. The molecule has 1 heterocycles. The summed E-state index contributed by atoms with van der Waals surface area (Å²) in [4.78, 5) is 25.8. The van der Waals surface area contributed by atoms with E-state index in [0.29, 0.717) is 0 Å². The molecule has 30 heavy (non-hydrogen) atoms. The zero-order valence-corrected chi connectivity index (χ0v) is 23.0. The van der Waals surface area contributed by atoms with Gasteiger partial charge in [-0.25, -0.2) is 30.1 Å². The van der Waals surface area contributed by atoms with E-state index in [1.54, 1.807) is 15.0 Å². The Labute approximate surface area is 182 Å². The fourth-order valence-electron chi connectivity index (χ4n) is 2.68. The highest BCUT2D eigenvalue weighted by Crippen LogP contribution is 2.66. The van der Waals surface area contributed by atoms with Crippen molar-refractivity contribution in [3.05, 3.63) is 0 Å². The molecule has 6 N–H and O–H groups in total. The maximum atomic E-state index is 4.94. The van der Waals surface area contributed by atoms with Crippen molar-refractivity contribution in [3.63, 3.8) is 0 Å². The summed E-state index contributed by atoms with van der Waals surface area (Å²) in [6.07, 6.45) is 0. The summed E-state index contributed by atoms with van der Waals surface area (Å²) in [5.41, 5.74) is 0. The molecule has 1 aliphatic heterocycles. The van der Waals surface area contributed by atoms with Crippen LogP contribution in [0.4, 0.5) is 0 Å². The molecule has 0 radical (unpaired) electrons. The van der Waals surface area contributed by atoms with E-state index in [1.807, 2.05) is 99.6 Å². The van der Waals surface area contributed by atoms with Crippen molar-refractivity contribution in [2.45, 2.75) is 0 Å². The largest absolute Gasteiger partial charge is 0.244 e. The average molecular weight is 489 g/mol. The van der Waals surface area contributed by atoms with Gasteiger partial charge in [0.2, 0.25) is 22.5 Å². The van der Waals surface area contributed by atoms with Crippen molar-refractivity contribution in [1.29, 1.82) is 0 Å². The molecule has 1 rings (SSSR count). The lowest BCUT2D eigenvalue weighted by molar-refractivity contribution is 0.354. The van der Waals surface area contributed by atoms with E-state index < -0.39 is 22.5 Å². The molecule has 0 amide bonds. The molecule has 15 nitrogen and oxygen atoms in total. The molecular formula is C12H42N15P3. The standard InChI is InChI=1S/C12H42N15P3/c1-22(2)13-28(14-23(3)4)19-29(15-24(5)6,16-25(7)8)21-30(20-28,17-26(9)10)18-27(11)12/h13,15,17,19-21H,1-12H3. The minimum absolute atomic E-state index is 1.79. The number of rotatable bonds is 9. The van der Waals surface area contributed by atoms with Gasteiger partial charge in [-0.3, -0.25) is 0 Å². The van der Waals surface area contributed by atoms with Crippen molar-refractivity contribution >= 4 is 22.5 Å². The highest BCUT2D eigenvalue weighted by molar-refractivity contribution is 7.90. The Balaban J connectivity index is 3.93. The highest BCUT2D eigenvalue weighted by atomic mass is 31.3. The van der Waals surface area contributed by atoms with Gasteiger partial charge in [-0.05, 0) is 0 Å². The average Bonchev–Trinajstić information content (AvgIpc) is 2.39. The van der Waals surface area contributed by atoms with Crippen molar-refractivity contribution in [3.8, 4) is 0 Å². The van der Waals surface area contributed by atoms with Gasteiger partial charge in [0.25, 0.3) is 0 Å². The fourth-order valence-corrected chi connectivity index (χ4v) is 15.0. The molecule has 18 heteroatoms. The van der Waals surface area contributed by atoms with Crippen LogP contribution in [-0.4, -0.2) is 115 Å². The van der Waals surface area contributed by atoms with Crippen LogP contribution in [0.25, 0.3) is 0 Å². The Morgan fingerprint density at radius 2 is 0.633 bits per heavy atom. The number of nitrogens with zero attached hydrogens (tertiary/aromatic N) is 9. The van der Waals surface area contributed by atoms with Crippen LogP contribution in [0.5, 0.6) is 0 Å². The summed E-state index contributed by atoms with van der Waals surface area (Å²) < 4.78 is 0. The number of hydrogen-bond donors (Lipinski definition) is 6. The molecule has 0 atom stereocenters. The molecule has 0 aliphatic carbocycles. The van der Waals surface area contributed by atoms with Crippen molar-refractivity contribution in [1.82, 2.24) is 60.2 Å². The van der Waals surface area contributed by atoms with Gasteiger partial charge >= 0.3 is 0 Å². The van der Waals surface area contributed by atoms with Crippen LogP contribution in [0.3, 0.4) is 0 Å². The van der Waals surface area contributed by atoms with Gasteiger partial charge in [0, 0.05) is 84.6 Å². The van der Waals surface area contributed by atoms with Gasteiger partial charge in [0.15, 0.2) is 0 Å². The SMILES string of the molecule is CN(C)N=P1(NN(C)C)NP(=NN(C)C)(NN(C)C)NP(=NN(C)C)(NN(C)C)N1. The first-order valence-corrected chi connectivity index (χ1v) is 14.5. The van der Waals surface area contributed by atoms with Crippen LogP contribution in [-0.2, 0) is 0 Å². The van der Waals surface area contributed by atoms with E-state index in [4.69, 9.17) is 14.6 Å². The summed E-state index contributed by atoms with van der Waals surface area (Å²) in [5, 5.41) is 21.5. The van der Waals surface area contributed by atoms with Gasteiger partial charge < -0.3 is 0 Å². The minimum atomic E-state index is -2.63. The van der Waals surface area contributed by atoms with E-state index in [-0.39, 0.29) is 0 Å². The fraction of sp³-hybridized carbons (Fsp3) is 1.00. The maximum absolute atomic E-state index is 4.94. The molecule has 0 unspecified atom stereocenters. The predicted molar refractivity (Wildman–Crippen MR) is 129 cm³/mol. The monoisotopic (exact) mass is 489 g/mol. The Morgan fingerprint density at radius 1 is 0.433 bits per heavy atom. The van der Waals surface area contributed by atoms with Crippen LogP contribution in [0.1, 0.15) is 0 Å². The van der Waals surface area contributed by atoms with Gasteiger partial charge in [0.1, 0.15) is 0 Å². The summed E-state index contributed by atoms with van der Waals surface area (Å²) in [5.74, 6) is 0. The molecular weight excluding hydrogens is 447 g/mol. The van der Waals surface area contributed by atoms with E-state index in [1.165, 1.54) is 0 Å². The first-order chi connectivity index (χ1) is 13.6. The molecule has 1 saturated heterocycles. The van der Waals surface area contributed by atoms with E-state index in [2.05, 4.69) is 30.2 Å². The molecule has 0 saturated carbocycles. The van der Waals surface area contributed by atoms with Gasteiger partial charge in [-0.1, -0.05) is 0 Å². The first-order valence-electron chi connectivity index (χ1n) is 9.25. The zero-order chi connectivity index (χ0) is 23.3. The molecule has 0 bridgehead atoms. The van der Waals surface area contributed by atoms with Gasteiger partial charge in [-0.2, -0.15) is 44.7 Å². The first kappa shape index (κ1) is 28.2. The summed E-state index contributed by atoms with van der Waals surface area (Å²) in [7, 11) is 15.1. The third-order valence-electron chi connectivity index (χ3n) is 2.84. The quantitative estimate of drug-likeness (QED) is 0.196.